The Hall–Kier alpha value is -1.84. The summed E-state index contributed by atoms with van der Waals surface area (Å²) in [5, 5.41) is 0.991. The van der Waals surface area contributed by atoms with E-state index in [9.17, 15) is 4.79 Å². The van der Waals surface area contributed by atoms with Gasteiger partial charge in [0.1, 0.15) is 5.65 Å². The van der Waals surface area contributed by atoms with Crippen molar-refractivity contribution in [3.05, 3.63) is 30.1 Å². The summed E-state index contributed by atoms with van der Waals surface area (Å²) in [6, 6.07) is 3.84. The Balaban J connectivity index is 1.95. The molecular formula is C12H13N3O. The number of carbonyl (C=O) groups is 1. The van der Waals surface area contributed by atoms with E-state index in [0.29, 0.717) is 5.56 Å². The summed E-state index contributed by atoms with van der Waals surface area (Å²) >= 11 is 0. The monoisotopic (exact) mass is 215 g/mol. The first-order valence-electron chi connectivity index (χ1n) is 5.57. The molecule has 0 aliphatic carbocycles. The molecule has 4 heteroatoms. The minimum atomic E-state index is 0.105. The number of hydrogen-bond acceptors (Lipinski definition) is 2. The first-order chi connectivity index (χ1) is 7.84. The molecule has 0 bridgehead atoms. The molecule has 2 aromatic heterocycles. The second kappa shape index (κ2) is 3.63. The zero-order chi connectivity index (χ0) is 11.0. The third-order valence-corrected chi connectivity index (χ3v) is 3.04. The van der Waals surface area contributed by atoms with Gasteiger partial charge in [0.2, 0.25) is 0 Å². The van der Waals surface area contributed by atoms with Crippen molar-refractivity contribution < 1.29 is 4.79 Å². The van der Waals surface area contributed by atoms with Crippen LogP contribution in [0.3, 0.4) is 0 Å². The number of nitrogens with zero attached hydrogens (tertiary/aromatic N) is 2. The van der Waals surface area contributed by atoms with Crippen molar-refractivity contribution in [1.82, 2.24) is 14.9 Å². The predicted octanol–water partition coefficient (Wildman–Crippen LogP) is 1.80. The predicted molar refractivity (Wildman–Crippen MR) is 61.2 cm³/mol. The Morgan fingerprint density at radius 3 is 3.00 bits per heavy atom. The summed E-state index contributed by atoms with van der Waals surface area (Å²) in [7, 11) is 0. The highest BCUT2D eigenvalue weighted by Crippen LogP contribution is 2.16. The summed E-state index contributed by atoms with van der Waals surface area (Å²) in [5.74, 6) is 0.105. The van der Waals surface area contributed by atoms with Crippen LogP contribution >= 0.6 is 0 Å². The molecule has 3 rings (SSSR count). The van der Waals surface area contributed by atoms with E-state index in [4.69, 9.17) is 0 Å². The zero-order valence-electron chi connectivity index (χ0n) is 8.94. The van der Waals surface area contributed by atoms with Crippen LogP contribution in [-0.2, 0) is 0 Å². The van der Waals surface area contributed by atoms with Gasteiger partial charge in [-0.3, -0.25) is 4.79 Å². The Labute approximate surface area is 93.3 Å². The van der Waals surface area contributed by atoms with Crippen LogP contribution in [-0.4, -0.2) is 33.9 Å². The van der Waals surface area contributed by atoms with Gasteiger partial charge in [-0.2, -0.15) is 0 Å². The summed E-state index contributed by atoms with van der Waals surface area (Å²) in [4.78, 5) is 21.2. The summed E-state index contributed by atoms with van der Waals surface area (Å²) < 4.78 is 0. The Morgan fingerprint density at radius 1 is 1.38 bits per heavy atom. The summed E-state index contributed by atoms with van der Waals surface area (Å²) in [6.45, 7) is 1.76. The third kappa shape index (κ3) is 1.46. The van der Waals surface area contributed by atoms with E-state index in [1.807, 2.05) is 23.2 Å². The SMILES string of the molecule is O=C(c1cnc2[nH]ccc2c1)N1CCCC1. The number of fused-ring (bicyclic) bond motifs is 1. The molecule has 3 heterocycles. The van der Waals surface area contributed by atoms with Gasteiger partial charge in [0, 0.05) is 30.9 Å². The normalized spacial score (nSPS) is 15.9. The van der Waals surface area contributed by atoms with E-state index in [1.54, 1.807) is 6.20 Å². The molecular weight excluding hydrogens is 202 g/mol. The first-order valence-corrected chi connectivity index (χ1v) is 5.57. The molecule has 0 saturated carbocycles. The fourth-order valence-corrected chi connectivity index (χ4v) is 2.16. The average Bonchev–Trinajstić information content (AvgIpc) is 2.98. The van der Waals surface area contributed by atoms with Gasteiger partial charge in [-0.25, -0.2) is 4.98 Å². The fraction of sp³-hybridized carbons (Fsp3) is 0.333. The number of rotatable bonds is 1. The van der Waals surface area contributed by atoms with E-state index in [-0.39, 0.29) is 5.91 Å². The molecule has 1 fully saturated rings. The van der Waals surface area contributed by atoms with Gasteiger partial charge in [-0.1, -0.05) is 0 Å². The molecule has 1 saturated heterocycles. The van der Waals surface area contributed by atoms with Gasteiger partial charge < -0.3 is 9.88 Å². The van der Waals surface area contributed by atoms with Crippen molar-refractivity contribution in [2.75, 3.05) is 13.1 Å². The maximum absolute atomic E-state index is 12.1. The Bertz CT molecular complexity index is 526. The van der Waals surface area contributed by atoms with Gasteiger partial charge in [-0.05, 0) is 25.0 Å². The highest BCUT2D eigenvalue weighted by atomic mass is 16.2. The third-order valence-electron chi connectivity index (χ3n) is 3.04. The van der Waals surface area contributed by atoms with Gasteiger partial charge in [0.05, 0.1) is 5.56 Å². The maximum Gasteiger partial charge on any atom is 0.255 e. The number of H-pyrrole nitrogens is 1. The number of nitrogens with one attached hydrogen (secondary N) is 1. The lowest BCUT2D eigenvalue weighted by molar-refractivity contribution is 0.0792. The lowest BCUT2D eigenvalue weighted by Crippen LogP contribution is -2.27. The second-order valence-corrected chi connectivity index (χ2v) is 4.14. The topological polar surface area (TPSA) is 49.0 Å². The molecule has 82 valence electrons. The molecule has 0 spiro atoms. The maximum atomic E-state index is 12.1. The van der Waals surface area contributed by atoms with Gasteiger partial charge in [0.15, 0.2) is 0 Å². The van der Waals surface area contributed by atoms with E-state index >= 15 is 0 Å². The molecule has 1 N–H and O–H groups in total. The Kier molecular flexibility index (Phi) is 2.13. The van der Waals surface area contributed by atoms with E-state index in [2.05, 4.69) is 9.97 Å². The largest absolute Gasteiger partial charge is 0.346 e. The van der Waals surface area contributed by atoms with Crippen molar-refractivity contribution >= 4 is 16.9 Å². The second-order valence-electron chi connectivity index (χ2n) is 4.14. The highest BCUT2D eigenvalue weighted by molar-refractivity contribution is 5.97. The van der Waals surface area contributed by atoms with Crippen LogP contribution in [0.1, 0.15) is 23.2 Å². The van der Waals surface area contributed by atoms with Crippen LogP contribution in [0.2, 0.25) is 0 Å². The molecule has 0 radical (unpaired) electrons. The van der Waals surface area contributed by atoms with Crippen molar-refractivity contribution in [2.24, 2.45) is 0 Å². The molecule has 0 unspecified atom stereocenters. The Morgan fingerprint density at radius 2 is 2.19 bits per heavy atom. The van der Waals surface area contributed by atoms with Crippen molar-refractivity contribution in [2.45, 2.75) is 12.8 Å². The first kappa shape index (κ1) is 9.39. The van der Waals surface area contributed by atoms with Crippen LogP contribution in [0.5, 0.6) is 0 Å². The van der Waals surface area contributed by atoms with Crippen molar-refractivity contribution in [1.29, 1.82) is 0 Å². The van der Waals surface area contributed by atoms with Gasteiger partial charge >= 0.3 is 0 Å². The van der Waals surface area contributed by atoms with Crippen LogP contribution < -0.4 is 0 Å². The lowest BCUT2D eigenvalue weighted by Gasteiger charge is -2.14. The molecule has 1 amide bonds. The van der Waals surface area contributed by atoms with Gasteiger partial charge in [0.25, 0.3) is 5.91 Å². The standard InChI is InChI=1S/C12H13N3O/c16-12(15-5-1-2-6-15)10-7-9-3-4-13-11(9)14-8-10/h3-4,7-8H,1-2,5-6H2,(H,13,14). The summed E-state index contributed by atoms with van der Waals surface area (Å²) in [6.07, 6.45) is 5.72. The number of aromatic nitrogens is 2. The number of aromatic amines is 1. The van der Waals surface area contributed by atoms with Crippen LogP contribution in [0.25, 0.3) is 11.0 Å². The number of pyridine rings is 1. The highest BCUT2D eigenvalue weighted by Gasteiger charge is 2.19. The number of hydrogen-bond donors (Lipinski definition) is 1. The molecule has 0 aromatic carbocycles. The molecule has 4 nitrogen and oxygen atoms in total. The lowest BCUT2D eigenvalue weighted by atomic mass is 10.2. The molecule has 16 heavy (non-hydrogen) atoms. The molecule has 1 aliphatic heterocycles. The molecule has 1 aliphatic rings. The van der Waals surface area contributed by atoms with E-state index in [1.165, 1.54) is 0 Å². The minimum absolute atomic E-state index is 0.105. The number of likely N-dealkylation sites (tertiary alicyclic amines) is 1. The van der Waals surface area contributed by atoms with Crippen LogP contribution in [0.15, 0.2) is 24.5 Å². The van der Waals surface area contributed by atoms with E-state index < -0.39 is 0 Å². The fourth-order valence-electron chi connectivity index (χ4n) is 2.16. The molecule has 0 atom stereocenters. The smallest absolute Gasteiger partial charge is 0.255 e. The summed E-state index contributed by atoms with van der Waals surface area (Å²) in [5.41, 5.74) is 1.52. The number of carbonyl (C=O) groups excluding carboxylic acids is 1. The van der Waals surface area contributed by atoms with Crippen molar-refractivity contribution in [3.8, 4) is 0 Å². The zero-order valence-corrected chi connectivity index (χ0v) is 8.94. The quantitative estimate of drug-likeness (QED) is 0.788. The minimum Gasteiger partial charge on any atom is -0.346 e. The van der Waals surface area contributed by atoms with Crippen molar-refractivity contribution in [3.63, 3.8) is 0 Å². The average molecular weight is 215 g/mol. The van der Waals surface area contributed by atoms with Crippen LogP contribution in [0.4, 0.5) is 0 Å². The van der Waals surface area contributed by atoms with Crippen LogP contribution in [0, 0.1) is 0 Å². The van der Waals surface area contributed by atoms with Gasteiger partial charge in [-0.15, -0.1) is 0 Å². The molecule has 2 aromatic rings. The number of amides is 1. The van der Waals surface area contributed by atoms with E-state index in [0.717, 1.165) is 37.0 Å².